The molecule has 1 amide bonds. The summed E-state index contributed by atoms with van der Waals surface area (Å²) in [6.45, 7) is 2.80. The van der Waals surface area contributed by atoms with Gasteiger partial charge in [-0.05, 0) is 46.0 Å². The second-order valence-electron chi connectivity index (χ2n) is 3.60. The number of thioether (sulfide) groups is 1. The average Bonchev–Trinajstić information content (AvgIpc) is 2.27. The minimum atomic E-state index is -0.125. The molecule has 0 saturated heterocycles. The average molecular weight is 303 g/mol. The quantitative estimate of drug-likeness (QED) is 0.909. The molecule has 0 aromatic carbocycles. The summed E-state index contributed by atoms with van der Waals surface area (Å²) in [5, 5.41) is 2.88. The summed E-state index contributed by atoms with van der Waals surface area (Å²) in [5.41, 5.74) is 0.443. The molecule has 0 bridgehead atoms. The minimum absolute atomic E-state index is 0.125. The number of halogens is 1. The Kier molecular flexibility index (Phi) is 5.84. The van der Waals surface area contributed by atoms with Gasteiger partial charge in [0.05, 0.1) is 0 Å². The van der Waals surface area contributed by atoms with Gasteiger partial charge in [0.25, 0.3) is 5.91 Å². The minimum Gasteiger partial charge on any atom is -0.350 e. The monoisotopic (exact) mass is 302 g/mol. The molecule has 16 heavy (non-hydrogen) atoms. The molecule has 0 saturated carbocycles. The van der Waals surface area contributed by atoms with Gasteiger partial charge in [0, 0.05) is 17.2 Å². The van der Waals surface area contributed by atoms with Gasteiger partial charge in [0.15, 0.2) is 0 Å². The van der Waals surface area contributed by atoms with Crippen molar-refractivity contribution in [2.24, 2.45) is 5.92 Å². The Morgan fingerprint density at radius 1 is 1.69 bits per heavy atom. The van der Waals surface area contributed by atoms with E-state index < -0.39 is 0 Å². The van der Waals surface area contributed by atoms with Crippen LogP contribution in [0.25, 0.3) is 0 Å². The van der Waals surface area contributed by atoms with Crippen LogP contribution in [0.3, 0.4) is 0 Å². The highest BCUT2D eigenvalue weighted by Crippen LogP contribution is 2.13. The number of aromatic nitrogens is 1. The summed E-state index contributed by atoms with van der Waals surface area (Å²) in [5.74, 6) is 1.39. The molecule has 0 spiro atoms. The van der Waals surface area contributed by atoms with Crippen molar-refractivity contribution in [2.45, 2.75) is 6.92 Å². The third kappa shape index (κ3) is 4.14. The predicted molar refractivity (Wildman–Crippen MR) is 71.8 cm³/mol. The van der Waals surface area contributed by atoms with Crippen molar-refractivity contribution >= 4 is 33.6 Å². The standard InChI is InChI=1S/C11H15BrN2OS/c1-8(7-16-2)6-14-11(15)10-9(12)4-3-5-13-10/h3-5,8H,6-7H2,1-2H3,(H,14,15). The van der Waals surface area contributed by atoms with E-state index in [0.29, 0.717) is 18.2 Å². The van der Waals surface area contributed by atoms with Crippen molar-refractivity contribution in [2.75, 3.05) is 18.6 Å². The number of nitrogens with zero attached hydrogens (tertiary/aromatic N) is 1. The number of amides is 1. The highest BCUT2D eigenvalue weighted by Gasteiger charge is 2.11. The summed E-state index contributed by atoms with van der Waals surface area (Å²) >= 11 is 5.09. The van der Waals surface area contributed by atoms with Gasteiger partial charge in [-0.3, -0.25) is 4.79 Å². The third-order valence-corrected chi connectivity index (χ3v) is 3.58. The van der Waals surface area contributed by atoms with Gasteiger partial charge in [-0.15, -0.1) is 0 Å². The molecule has 1 N–H and O–H groups in total. The van der Waals surface area contributed by atoms with Gasteiger partial charge in [0.2, 0.25) is 0 Å². The zero-order valence-corrected chi connectivity index (χ0v) is 11.8. The van der Waals surface area contributed by atoms with Crippen LogP contribution >= 0.6 is 27.7 Å². The number of rotatable bonds is 5. The van der Waals surface area contributed by atoms with E-state index >= 15 is 0 Å². The van der Waals surface area contributed by atoms with Crippen LogP contribution < -0.4 is 5.32 Å². The lowest BCUT2D eigenvalue weighted by Gasteiger charge is -2.11. The molecule has 0 aliphatic carbocycles. The number of carbonyl (C=O) groups excluding carboxylic acids is 1. The molecule has 3 nitrogen and oxygen atoms in total. The van der Waals surface area contributed by atoms with Crippen molar-refractivity contribution in [1.82, 2.24) is 10.3 Å². The number of carbonyl (C=O) groups is 1. The first-order valence-electron chi connectivity index (χ1n) is 5.02. The Bertz CT molecular complexity index is 360. The van der Waals surface area contributed by atoms with Crippen LogP contribution in [0.4, 0.5) is 0 Å². The Hall–Kier alpha value is -0.550. The van der Waals surface area contributed by atoms with Crippen LogP contribution in [0.5, 0.6) is 0 Å². The molecule has 0 fully saturated rings. The molecule has 0 aliphatic heterocycles. The van der Waals surface area contributed by atoms with Crippen LogP contribution in [0.2, 0.25) is 0 Å². The van der Waals surface area contributed by atoms with Gasteiger partial charge in [-0.25, -0.2) is 4.98 Å². The van der Waals surface area contributed by atoms with Gasteiger partial charge in [-0.1, -0.05) is 6.92 Å². The highest BCUT2D eigenvalue weighted by molar-refractivity contribution is 9.10. The smallest absolute Gasteiger partial charge is 0.271 e. The zero-order valence-electron chi connectivity index (χ0n) is 9.37. The van der Waals surface area contributed by atoms with E-state index in [0.717, 1.165) is 10.2 Å². The summed E-state index contributed by atoms with van der Waals surface area (Å²) < 4.78 is 0.727. The SMILES string of the molecule is CSCC(C)CNC(=O)c1ncccc1Br. The molecule has 1 aromatic rings. The van der Waals surface area contributed by atoms with Crippen molar-refractivity contribution < 1.29 is 4.79 Å². The van der Waals surface area contributed by atoms with Crippen LogP contribution in [-0.2, 0) is 0 Å². The molecule has 0 aliphatic rings. The predicted octanol–water partition coefficient (Wildman–Crippen LogP) is 2.57. The van der Waals surface area contributed by atoms with Crippen molar-refractivity contribution in [3.8, 4) is 0 Å². The highest BCUT2D eigenvalue weighted by atomic mass is 79.9. The fourth-order valence-electron chi connectivity index (χ4n) is 1.25. The van der Waals surface area contributed by atoms with Crippen molar-refractivity contribution in [1.29, 1.82) is 0 Å². The number of hydrogen-bond donors (Lipinski definition) is 1. The van der Waals surface area contributed by atoms with Crippen molar-refractivity contribution in [3.05, 3.63) is 28.5 Å². The van der Waals surface area contributed by atoms with E-state index in [-0.39, 0.29) is 5.91 Å². The summed E-state index contributed by atoms with van der Waals surface area (Å²) in [6.07, 6.45) is 3.68. The second-order valence-corrected chi connectivity index (χ2v) is 5.37. The second kappa shape index (κ2) is 6.91. The van der Waals surface area contributed by atoms with Crippen LogP contribution in [0.1, 0.15) is 17.4 Å². The summed E-state index contributed by atoms with van der Waals surface area (Å²) in [7, 11) is 0. The zero-order chi connectivity index (χ0) is 12.0. The van der Waals surface area contributed by atoms with Crippen molar-refractivity contribution in [3.63, 3.8) is 0 Å². The van der Waals surface area contributed by atoms with E-state index in [1.54, 1.807) is 24.0 Å². The van der Waals surface area contributed by atoms with Gasteiger partial charge >= 0.3 is 0 Å². The molecule has 88 valence electrons. The first kappa shape index (κ1) is 13.5. The number of pyridine rings is 1. The summed E-state index contributed by atoms with van der Waals surface area (Å²) in [6, 6.07) is 3.60. The molecular formula is C11H15BrN2OS. The maximum atomic E-state index is 11.8. The fraction of sp³-hybridized carbons (Fsp3) is 0.455. The molecule has 1 unspecified atom stereocenters. The molecule has 1 rings (SSSR count). The normalized spacial score (nSPS) is 12.2. The van der Waals surface area contributed by atoms with E-state index in [1.165, 1.54) is 0 Å². The van der Waals surface area contributed by atoms with E-state index in [2.05, 4.69) is 39.4 Å². The molecule has 1 aromatic heterocycles. The number of nitrogens with one attached hydrogen (secondary N) is 1. The molecule has 0 radical (unpaired) electrons. The van der Waals surface area contributed by atoms with E-state index in [4.69, 9.17) is 0 Å². The molecule has 1 atom stereocenters. The fourth-order valence-corrected chi connectivity index (χ4v) is 2.37. The molecule has 5 heteroatoms. The Morgan fingerprint density at radius 3 is 3.06 bits per heavy atom. The first-order chi connectivity index (χ1) is 7.65. The first-order valence-corrected chi connectivity index (χ1v) is 7.21. The van der Waals surface area contributed by atoms with Gasteiger partial charge in [-0.2, -0.15) is 11.8 Å². The third-order valence-electron chi connectivity index (χ3n) is 2.04. The lowest BCUT2D eigenvalue weighted by atomic mass is 10.2. The molecule has 1 heterocycles. The summed E-state index contributed by atoms with van der Waals surface area (Å²) in [4.78, 5) is 15.8. The lowest BCUT2D eigenvalue weighted by molar-refractivity contribution is 0.0943. The van der Waals surface area contributed by atoms with Crippen LogP contribution in [0, 0.1) is 5.92 Å². The number of hydrogen-bond acceptors (Lipinski definition) is 3. The largest absolute Gasteiger partial charge is 0.350 e. The lowest BCUT2D eigenvalue weighted by Crippen LogP contribution is -2.30. The Morgan fingerprint density at radius 2 is 2.44 bits per heavy atom. The Labute approximate surface area is 109 Å². The topological polar surface area (TPSA) is 42.0 Å². The van der Waals surface area contributed by atoms with E-state index in [9.17, 15) is 4.79 Å². The maximum Gasteiger partial charge on any atom is 0.271 e. The maximum absolute atomic E-state index is 11.8. The van der Waals surface area contributed by atoms with Crippen LogP contribution in [0.15, 0.2) is 22.8 Å². The Balaban J connectivity index is 2.50. The van der Waals surface area contributed by atoms with Gasteiger partial charge in [0.1, 0.15) is 5.69 Å². The van der Waals surface area contributed by atoms with E-state index in [1.807, 2.05) is 6.07 Å². The molecular weight excluding hydrogens is 288 g/mol. The van der Waals surface area contributed by atoms with Gasteiger partial charge < -0.3 is 5.32 Å². The van der Waals surface area contributed by atoms with Crippen LogP contribution in [-0.4, -0.2) is 29.4 Å².